The van der Waals surface area contributed by atoms with Gasteiger partial charge in [0, 0.05) is 0 Å². The lowest BCUT2D eigenvalue weighted by Crippen LogP contribution is -2.02. The zero-order valence-electron chi connectivity index (χ0n) is 8.90. The Hall–Kier alpha value is -2.37. The third kappa shape index (κ3) is 1.84. The molecule has 0 unspecified atom stereocenters. The van der Waals surface area contributed by atoms with Crippen LogP contribution in [0, 0.1) is 12.7 Å². The van der Waals surface area contributed by atoms with Crippen LogP contribution in [-0.2, 0) is 0 Å². The first-order valence-electron chi connectivity index (χ1n) is 4.74. The molecule has 1 aromatic heterocycles. The molecule has 0 aliphatic carbocycles. The molecule has 0 radical (unpaired) electrons. The summed E-state index contributed by atoms with van der Waals surface area (Å²) < 4.78 is 18.2. The van der Waals surface area contributed by atoms with Gasteiger partial charge in [0.05, 0.1) is 17.3 Å². The number of nitrogens with zero attached hydrogens (tertiary/aromatic N) is 1. The van der Waals surface area contributed by atoms with E-state index in [9.17, 15) is 9.18 Å². The fourth-order valence-corrected chi connectivity index (χ4v) is 1.52. The van der Waals surface area contributed by atoms with Gasteiger partial charge in [0.15, 0.2) is 0 Å². The molecule has 17 heavy (non-hydrogen) atoms. The van der Waals surface area contributed by atoms with Gasteiger partial charge in [0.1, 0.15) is 5.82 Å². The lowest BCUT2D eigenvalue weighted by atomic mass is 10.0. The fraction of sp³-hybridized carbons (Fsp3) is 0.0909. The number of benzene rings is 1. The van der Waals surface area contributed by atoms with E-state index in [1.54, 1.807) is 0 Å². The van der Waals surface area contributed by atoms with Crippen LogP contribution in [0.4, 0.5) is 10.3 Å². The van der Waals surface area contributed by atoms with E-state index >= 15 is 0 Å². The first-order valence-corrected chi connectivity index (χ1v) is 4.74. The van der Waals surface area contributed by atoms with Crippen LogP contribution in [0.2, 0.25) is 0 Å². The van der Waals surface area contributed by atoms with Crippen LogP contribution < -0.4 is 5.73 Å². The number of carboxylic acid groups (broad SMARTS) is 1. The molecule has 3 N–H and O–H groups in total. The van der Waals surface area contributed by atoms with E-state index in [-0.39, 0.29) is 17.0 Å². The minimum atomic E-state index is -1.20. The van der Waals surface area contributed by atoms with Crippen LogP contribution in [0.15, 0.2) is 22.9 Å². The monoisotopic (exact) mass is 236 g/mol. The van der Waals surface area contributed by atoms with Crippen LogP contribution in [-0.4, -0.2) is 16.2 Å². The smallest absolute Gasteiger partial charge is 0.336 e. The topological polar surface area (TPSA) is 89.4 Å². The summed E-state index contributed by atoms with van der Waals surface area (Å²) in [6.45, 7) is 1.40. The Labute approximate surface area is 95.6 Å². The second-order valence-corrected chi connectivity index (χ2v) is 3.54. The second-order valence-electron chi connectivity index (χ2n) is 3.54. The number of rotatable bonds is 2. The standard InChI is InChI=1S/C11H9FN2O3/c1-5-7(11(15)16)2-6(3-9(5)12)8-4-14-17-10(8)13/h2-4H,13H2,1H3,(H,15,16). The Morgan fingerprint density at radius 1 is 1.53 bits per heavy atom. The molecule has 0 bridgehead atoms. The van der Waals surface area contributed by atoms with E-state index in [1.165, 1.54) is 25.3 Å². The van der Waals surface area contributed by atoms with Gasteiger partial charge in [-0.25, -0.2) is 9.18 Å². The van der Waals surface area contributed by atoms with Gasteiger partial charge < -0.3 is 15.4 Å². The molecule has 0 amide bonds. The molecule has 2 aromatic rings. The van der Waals surface area contributed by atoms with Crippen molar-refractivity contribution in [2.24, 2.45) is 0 Å². The summed E-state index contributed by atoms with van der Waals surface area (Å²) >= 11 is 0. The van der Waals surface area contributed by atoms with Crippen LogP contribution in [0.1, 0.15) is 15.9 Å². The maximum atomic E-state index is 13.6. The maximum absolute atomic E-state index is 13.6. The lowest BCUT2D eigenvalue weighted by molar-refractivity contribution is 0.0695. The van der Waals surface area contributed by atoms with Crippen LogP contribution in [0.3, 0.4) is 0 Å². The van der Waals surface area contributed by atoms with E-state index < -0.39 is 11.8 Å². The summed E-state index contributed by atoms with van der Waals surface area (Å²) in [5, 5.41) is 12.4. The number of halogens is 1. The predicted octanol–water partition coefficient (Wildman–Crippen LogP) is 2.07. The molecule has 0 aliphatic heterocycles. The number of nitrogens with two attached hydrogens (primary N) is 1. The van der Waals surface area contributed by atoms with Crippen molar-refractivity contribution in [3.05, 3.63) is 35.3 Å². The van der Waals surface area contributed by atoms with Crippen LogP contribution in [0.25, 0.3) is 11.1 Å². The molecule has 1 aromatic carbocycles. The molecule has 0 aliphatic rings. The largest absolute Gasteiger partial charge is 0.478 e. The Morgan fingerprint density at radius 2 is 2.24 bits per heavy atom. The quantitative estimate of drug-likeness (QED) is 0.833. The average molecular weight is 236 g/mol. The Balaban J connectivity index is 2.65. The highest BCUT2D eigenvalue weighted by atomic mass is 19.1. The number of nitrogen functional groups attached to an aromatic ring is 1. The number of carbonyl (C=O) groups is 1. The molecule has 0 spiro atoms. The zero-order chi connectivity index (χ0) is 12.6. The Kier molecular flexibility index (Phi) is 2.55. The van der Waals surface area contributed by atoms with Crippen molar-refractivity contribution >= 4 is 11.9 Å². The normalized spacial score (nSPS) is 10.5. The fourth-order valence-electron chi connectivity index (χ4n) is 1.52. The number of carboxylic acids is 1. The van der Waals surface area contributed by atoms with Gasteiger partial charge in [-0.05, 0) is 30.2 Å². The van der Waals surface area contributed by atoms with E-state index in [0.29, 0.717) is 11.1 Å². The van der Waals surface area contributed by atoms with E-state index in [4.69, 9.17) is 10.8 Å². The number of aromatic carboxylic acids is 1. The number of aromatic nitrogens is 1. The predicted molar refractivity (Wildman–Crippen MR) is 58.0 cm³/mol. The third-order valence-electron chi connectivity index (χ3n) is 2.48. The molecule has 88 valence electrons. The summed E-state index contributed by atoms with van der Waals surface area (Å²) in [6, 6.07) is 2.54. The summed E-state index contributed by atoms with van der Waals surface area (Å²) in [5.74, 6) is -1.79. The van der Waals surface area contributed by atoms with Gasteiger partial charge in [-0.2, -0.15) is 0 Å². The van der Waals surface area contributed by atoms with Crippen LogP contribution >= 0.6 is 0 Å². The first-order chi connectivity index (χ1) is 8.00. The molecular formula is C11H9FN2O3. The summed E-state index contributed by atoms with van der Waals surface area (Å²) in [5.41, 5.74) is 6.15. The highest BCUT2D eigenvalue weighted by Crippen LogP contribution is 2.28. The van der Waals surface area contributed by atoms with Crippen molar-refractivity contribution in [2.45, 2.75) is 6.92 Å². The molecule has 0 saturated carbocycles. The van der Waals surface area contributed by atoms with Gasteiger partial charge >= 0.3 is 5.97 Å². The number of hydrogen-bond donors (Lipinski definition) is 2. The highest BCUT2D eigenvalue weighted by molar-refractivity contribution is 5.91. The lowest BCUT2D eigenvalue weighted by Gasteiger charge is -2.05. The number of anilines is 1. The van der Waals surface area contributed by atoms with E-state index in [0.717, 1.165) is 0 Å². The van der Waals surface area contributed by atoms with Crippen LogP contribution in [0.5, 0.6) is 0 Å². The molecule has 1 heterocycles. The molecule has 0 fully saturated rings. The minimum absolute atomic E-state index is 0.0181. The van der Waals surface area contributed by atoms with Gasteiger partial charge in [0.2, 0.25) is 5.88 Å². The van der Waals surface area contributed by atoms with Crippen molar-refractivity contribution in [1.29, 1.82) is 0 Å². The molecule has 0 atom stereocenters. The molecule has 6 heteroatoms. The number of hydrogen-bond acceptors (Lipinski definition) is 4. The van der Waals surface area contributed by atoms with E-state index in [2.05, 4.69) is 9.68 Å². The van der Waals surface area contributed by atoms with E-state index in [1.807, 2.05) is 0 Å². The summed E-state index contributed by atoms with van der Waals surface area (Å²) in [6.07, 6.45) is 1.31. The van der Waals surface area contributed by atoms with Crippen molar-refractivity contribution in [2.75, 3.05) is 5.73 Å². The molecular weight excluding hydrogens is 227 g/mol. The van der Waals surface area contributed by atoms with Gasteiger partial charge in [0.25, 0.3) is 0 Å². The summed E-state index contributed by atoms with van der Waals surface area (Å²) in [7, 11) is 0. The first kappa shape index (κ1) is 11.1. The van der Waals surface area contributed by atoms with Crippen molar-refractivity contribution < 1.29 is 18.8 Å². The third-order valence-corrected chi connectivity index (χ3v) is 2.48. The molecule has 2 rings (SSSR count). The van der Waals surface area contributed by atoms with Crippen molar-refractivity contribution in [3.63, 3.8) is 0 Å². The van der Waals surface area contributed by atoms with Gasteiger partial charge in [-0.1, -0.05) is 5.16 Å². The average Bonchev–Trinajstić information content (AvgIpc) is 2.68. The van der Waals surface area contributed by atoms with Crippen molar-refractivity contribution in [3.8, 4) is 11.1 Å². The Bertz CT molecular complexity index is 592. The maximum Gasteiger partial charge on any atom is 0.336 e. The zero-order valence-corrected chi connectivity index (χ0v) is 8.90. The Morgan fingerprint density at radius 3 is 2.76 bits per heavy atom. The second kappa shape index (κ2) is 3.89. The SMILES string of the molecule is Cc1c(F)cc(-c2cnoc2N)cc1C(=O)O. The van der Waals surface area contributed by atoms with Gasteiger partial charge in [-0.3, -0.25) is 0 Å². The minimum Gasteiger partial charge on any atom is -0.478 e. The summed E-state index contributed by atoms with van der Waals surface area (Å²) in [4.78, 5) is 10.9. The van der Waals surface area contributed by atoms with Crippen molar-refractivity contribution in [1.82, 2.24) is 5.16 Å². The molecule has 5 nitrogen and oxygen atoms in total. The van der Waals surface area contributed by atoms with Gasteiger partial charge in [-0.15, -0.1) is 0 Å². The molecule has 0 saturated heterocycles. The highest BCUT2D eigenvalue weighted by Gasteiger charge is 2.16.